The maximum atomic E-state index is 13.1. The molecule has 0 aliphatic carbocycles. The first-order chi connectivity index (χ1) is 12.2. The van der Waals surface area contributed by atoms with Crippen LogP contribution in [0.5, 0.6) is 5.75 Å². The van der Waals surface area contributed by atoms with Crippen molar-refractivity contribution in [2.24, 2.45) is 0 Å². The molecule has 124 valence electrons. The number of aliphatic hydroxyl groups is 1. The standard InChI is InChI=1S/C20H16N2O3/c1-25-17-11-5-10-16-18(17)20(24,14-7-6-12-21-13-14)22(19(16)23)15-8-3-2-4-9-15/h2-13,24H,1H3. The molecule has 0 bridgehead atoms. The Morgan fingerprint density at radius 3 is 2.52 bits per heavy atom. The first-order valence-corrected chi connectivity index (χ1v) is 7.88. The lowest BCUT2D eigenvalue weighted by atomic mass is 9.93. The molecule has 2 aromatic carbocycles. The third-order valence-electron chi connectivity index (χ3n) is 4.43. The van der Waals surface area contributed by atoms with Gasteiger partial charge in [-0.25, -0.2) is 0 Å². The van der Waals surface area contributed by atoms with Gasteiger partial charge in [-0.2, -0.15) is 0 Å². The van der Waals surface area contributed by atoms with Crippen molar-refractivity contribution in [1.29, 1.82) is 0 Å². The molecule has 1 amide bonds. The van der Waals surface area contributed by atoms with Crippen molar-refractivity contribution in [2.45, 2.75) is 5.72 Å². The van der Waals surface area contributed by atoms with Crippen LogP contribution in [0.15, 0.2) is 73.1 Å². The van der Waals surface area contributed by atoms with E-state index in [1.54, 1.807) is 54.9 Å². The Morgan fingerprint density at radius 2 is 1.84 bits per heavy atom. The summed E-state index contributed by atoms with van der Waals surface area (Å²) in [5.74, 6) is 0.169. The van der Waals surface area contributed by atoms with Crippen molar-refractivity contribution < 1.29 is 14.6 Å². The fourth-order valence-electron chi connectivity index (χ4n) is 3.34. The average Bonchev–Trinajstić information content (AvgIpc) is 2.92. The summed E-state index contributed by atoms with van der Waals surface area (Å²) in [6.45, 7) is 0. The first kappa shape index (κ1) is 15.4. The third-order valence-corrected chi connectivity index (χ3v) is 4.43. The Labute approximate surface area is 145 Å². The van der Waals surface area contributed by atoms with E-state index in [4.69, 9.17) is 4.74 Å². The highest BCUT2D eigenvalue weighted by Gasteiger charge is 2.52. The van der Waals surface area contributed by atoms with Gasteiger partial charge in [-0.05, 0) is 30.3 Å². The van der Waals surface area contributed by atoms with Crippen LogP contribution >= 0.6 is 0 Å². The number of aromatic nitrogens is 1. The second-order valence-electron chi connectivity index (χ2n) is 5.77. The molecule has 0 saturated heterocycles. The van der Waals surface area contributed by atoms with Gasteiger partial charge >= 0.3 is 0 Å². The summed E-state index contributed by atoms with van der Waals surface area (Å²) in [6.07, 6.45) is 3.18. The van der Waals surface area contributed by atoms with Crippen molar-refractivity contribution in [3.8, 4) is 5.75 Å². The smallest absolute Gasteiger partial charge is 0.261 e. The van der Waals surface area contributed by atoms with Crippen molar-refractivity contribution in [3.63, 3.8) is 0 Å². The highest BCUT2D eigenvalue weighted by molar-refractivity contribution is 6.13. The number of benzene rings is 2. The highest BCUT2D eigenvalue weighted by atomic mass is 16.5. The van der Waals surface area contributed by atoms with E-state index in [0.29, 0.717) is 28.1 Å². The molecule has 0 spiro atoms. The monoisotopic (exact) mass is 332 g/mol. The highest BCUT2D eigenvalue weighted by Crippen LogP contribution is 2.48. The normalized spacial score (nSPS) is 19.0. The largest absolute Gasteiger partial charge is 0.496 e. The van der Waals surface area contributed by atoms with E-state index >= 15 is 0 Å². The summed E-state index contributed by atoms with van der Waals surface area (Å²) in [6, 6.07) is 17.8. The van der Waals surface area contributed by atoms with Crippen LogP contribution in [-0.2, 0) is 5.72 Å². The molecular formula is C20H16N2O3. The number of carbonyl (C=O) groups is 1. The Kier molecular flexibility index (Phi) is 3.51. The summed E-state index contributed by atoms with van der Waals surface area (Å²) in [7, 11) is 1.52. The molecule has 1 atom stereocenters. The van der Waals surface area contributed by atoms with Gasteiger partial charge in [0.2, 0.25) is 5.72 Å². The summed E-state index contributed by atoms with van der Waals surface area (Å²) in [5, 5.41) is 11.8. The van der Waals surface area contributed by atoms with Crippen molar-refractivity contribution in [1.82, 2.24) is 4.98 Å². The maximum Gasteiger partial charge on any atom is 0.261 e. The van der Waals surface area contributed by atoms with E-state index < -0.39 is 5.72 Å². The Bertz CT molecular complexity index is 928. The molecule has 5 nitrogen and oxygen atoms in total. The minimum absolute atomic E-state index is 0.286. The second-order valence-corrected chi connectivity index (χ2v) is 5.77. The van der Waals surface area contributed by atoms with Crippen LogP contribution in [0.4, 0.5) is 5.69 Å². The van der Waals surface area contributed by atoms with Gasteiger partial charge in [0.15, 0.2) is 0 Å². The third kappa shape index (κ3) is 2.13. The molecule has 1 aromatic heterocycles. The van der Waals surface area contributed by atoms with Crippen molar-refractivity contribution >= 4 is 11.6 Å². The fraction of sp³-hybridized carbons (Fsp3) is 0.100. The summed E-state index contributed by atoms with van der Waals surface area (Å²) in [5.41, 5.74) is 0.232. The predicted molar refractivity (Wildman–Crippen MR) is 93.5 cm³/mol. The molecule has 2 heterocycles. The van der Waals surface area contributed by atoms with Crippen molar-refractivity contribution in [2.75, 3.05) is 12.0 Å². The molecule has 1 aliphatic heterocycles. The zero-order valence-corrected chi connectivity index (χ0v) is 13.6. The molecular weight excluding hydrogens is 316 g/mol. The van der Waals surface area contributed by atoms with E-state index in [-0.39, 0.29) is 5.91 Å². The number of fused-ring (bicyclic) bond motifs is 1. The molecule has 1 aliphatic rings. The molecule has 5 heteroatoms. The van der Waals surface area contributed by atoms with Gasteiger partial charge in [-0.15, -0.1) is 0 Å². The lowest BCUT2D eigenvalue weighted by molar-refractivity contribution is 0.0689. The van der Waals surface area contributed by atoms with Gasteiger partial charge in [0, 0.05) is 23.6 Å². The number of hydrogen-bond acceptors (Lipinski definition) is 4. The zero-order valence-electron chi connectivity index (χ0n) is 13.6. The number of hydrogen-bond donors (Lipinski definition) is 1. The number of nitrogens with zero attached hydrogens (tertiary/aromatic N) is 2. The number of anilines is 1. The van der Waals surface area contributed by atoms with Crippen LogP contribution in [0.25, 0.3) is 0 Å². The number of amides is 1. The average molecular weight is 332 g/mol. The Morgan fingerprint density at radius 1 is 1.04 bits per heavy atom. The Hall–Kier alpha value is -3.18. The first-order valence-electron chi connectivity index (χ1n) is 7.88. The van der Waals surface area contributed by atoms with E-state index in [9.17, 15) is 9.90 Å². The van der Waals surface area contributed by atoms with E-state index in [2.05, 4.69) is 4.98 Å². The van der Waals surface area contributed by atoms with E-state index in [0.717, 1.165) is 0 Å². The van der Waals surface area contributed by atoms with E-state index in [1.165, 1.54) is 12.0 Å². The number of pyridine rings is 1. The number of rotatable bonds is 3. The lowest BCUT2D eigenvalue weighted by Crippen LogP contribution is -2.45. The van der Waals surface area contributed by atoms with Gasteiger partial charge in [-0.3, -0.25) is 14.7 Å². The molecule has 3 aromatic rings. The molecule has 0 radical (unpaired) electrons. The molecule has 1 unspecified atom stereocenters. The second kappa shape index (κ2) is 5.72. The Balaban J connectivity index is 2.05. The van der Waals surface area contributed by atoms with Gasteiger partial charge < -0.3 is 9.84 Å². The SMILES string of the molecule is COc1cccc2c1C(O)(c1cccnc1)N(c1ccccc1)C2=O. The molecule has 1 N–H and O–H groups in total. The van der Waals surface area contributed by atoms with Crippen LogP contribution in [0.2, 0.25) is 0 Å². The quantitative estimate of drug-likeness (QED) is 0.801. The number of para-hydroxylation sites is 1. The van der Waals surface area contributed by atoms with Crippen LogP contribution in [0.1, 0.15) is 21.5 Å². The van der Waals surface area contributed by atoms with Gasteiger partial charge in [0.25, 0.3) is 5.91 Å². The summed E-state index contributed by atoms with van der Waals surface area (Å²) >= 11 is 0. The van der Waals surface area contributed by atoms with Gasteiger partial charge in [0.1, 0.15) is 5.75 Å². The number of carbonyl (C=O) groups excluding carboxylic acids is 1. The van der Waals surface area contributed by atoms with Crippen LogP contribution in [0.3, 0.4) is 0 Å². The maximum absolute atomic E-state index is 13.1. The minimum Gasteiger partial charge on any atom is -0.496 e. The van der Waals surface area contributed by atoms with Crippen molar-refractivity contribution in [3.05, 3.63) is 89.7 Å². The van der Waals surface area contributed by atoms with Gasteiger partial charge in [0.05, 0.1) is 18.2 Å². The molecule has 25 heavy (non-hydrogen) atoms. The van der Waals surface area contributed by atoms with E-state index in [1.807, 2.05) is 18.2 Å². The summed E-state index contributed by atoms with van der Waals surface area (Å²) in [4.78, 5) is 18.6. The molecule has 0 fully saturated rings. The molecule has 4 rings (SSSR count). The fourth-order valence-corrected chi connectivity index (χ4v) is 3.34. The van der Waals surface area contributed by atoms with Gasteiger partial charge in [-0.1, -0.05) is 30.3 Å². The lowest BCUT2D eigenvalue weighted by Gasteiger charge is -2.35. The van der Waals surface area contributed by atoms with Crippen LogP contribution in [-0.4, -0.2) is 23.1 Å². The predicted octanol–water partition coefficient (Wildman–Crippen LogP) is 2.94. The van der Waals surface area contributed by atoms with Crippen LogP contribution < -0.4 is 9.64 Å². The van der Waals surface area contributed by atoms with Crippen LogP contribution in [0, 0.1) is 0 Å². The number of methoxy groups -OCH3 is 1. The minimum atomic E-state index is -1.70. The molecule has 0 saturated carbocycles. The zero-order chi connectivity index (χ0) is 17.4. The number of ether oxygens (including phenoxy) is 1. The topological polar surface area (TPSA) is 62.7 Å². The summed E-state index contributed by atoms with van der Waals surface area (Å²) < 4.78 is 5.45.